The molecular weight excluding hydrogens is 252 g/mol. The van der Waals surface area contributed by atoms with Crippen LogP contribution >= 0.6 is 11.3 Å². The van der Waals surface area contributed by atoms with Gasteiger partial charge in [0.15, 0.2) is 0 Å². The summed E-state index contributed by atoms with van der Waals surface area (Å²) in [7, 11) is 0. The van der Waals surface area contributed by atoms with Gasteiger partial charge in [-0.3, -0.25) is 10.1 Å². The first kappa shape index (κ1) is 12.6. The van der Waals surface area contributed by atoms with Gasteiger partial charge in [-0.15, -0.1) is 10.2 Å². The second-order valence-electron chi connectivity index (χ2n) is 3.77. The van der Waals surface area contributed by atoms with Crippen LogP contribution in [0.4, 0.5) is 5.69 Å². The van der Waals surface area contributed by atoms with Crippen molar-refractivity contribution in [1.82, 2.24) is 10.2 Å². The van der Waals surface area contributed by atoms with E-state index < -0.39 is 4.92 Å². The predicted molar refractivity (Wildman–Crippen MR) is 69.2 cm³/mol. The molecule has 0 fully saturated rings. The van der Waals surface area contributed by atoms with E-state index in [0.717, 1.165) is 11.4 Å². The molecule has 0 aliphatic rings. The van der Waals surface area contributed by atoms with Crippen LogP contribution in [0.15, 0.2) is 24.3 Å². The smallest absolute Gasteiger partial charge is 0.270 e. The van der Waals surface area contributed by atoms with Crippen molar-refractivity contribution in [3.05, 3.63) is 39.4 Å². The molecule has 0 spiro atoms. The number of non-ortho nitro benzene ring substituents is 1. The predicted octanol–water partition coefficient (Wildman–Crippen LogP) is 2.52. The fraction of sp³-hybridized carbons (Fsp3) is 0.273. The van der Waals surface area contributed by atoms with Crippen LogP contribution in [0.25, 0.3) is 10.6 Å². The Hall–Kier alpha value is -1.86. The van der Waals surface area contributed by atoms with Crippen molar-refractivity contribution in [2.24, 2.45) is 5.73 Å². The average Bonchev–Trinajstić information content (AvgIpc) is 2.87. The monoisotopic (exact) mass is 264 g/mol. The van der Waals surface area contributed by atoms with Crippen molar-refractivity contribution in [1.29, 1.82) is 0 Å². The van der Waals surface area contributed by atoms with Crippen LogP contribution in [0, 0.1) is 10.1 Å². The zero-order valence-electron chi connectivity index (χ0n) is 9.74. The highest BCUT2D eigenvalue weighted by molar-refractivity contribution is 7.14. The molecule has 1 aromatic carbocycles. The van der Waals surface area contributed by atoms with E-state index in [2.05, 4.69) is 10.2 Å². The topological polar surface area (TPSA) is 94.9 Å². The molecule has 0 bridgehead atoms. The molecule has 7 heteroatoms. The van der Waals surface area contributed by atoms with Gasteiger partial charge >= 0.3 is 0 Å². The van der Waals surface area contributed by atoms with E-state index in [1.807, 2.05) is 6.92 Å². The zero-order valence-corrected chi connectivity index (χ0v) is 10.6. The Kier molecular flexibility index (Phi) is 3.63. The standard InChI is InChI=1S/C11H12N4O2S/c1-2-9(12)11-14-13-10(18-11)7-4-3-5-8(6-7)15(16)17/h3-6,9H,2,12H2,1H3. The Balaban J connectivity index is 2.34. The van der Waals surface area contributed by atoms with Gasteiger partial charge in [-0.25, -0.2) is 0 Å². The fourth-order valence-corrected chi connectivity index (χ4v) is 2.35. The Morgan fingerprint density at radius 2 is 2.28 bits per heavy atom. The number of nitro groups is 1. The molecule has 0 amide bonds. The van der Waals surface area contributed by atoms with Crippen LogP contribution < -0.4 is 5.73 Å². The van der Waals surface area contributed by atoms with E-state index >= 15 is 0 Å². The van der Waals surface area contributed by atoms with Crippen LogP contribution in [0.2, 0.25) is 0 Å². The van der Waals surface area contributed by atoms with E-state index in [1.165, 1.54) is 23.5 Å². The maximum Gasteiger partial charge on any atom is 0.270 e. The van der Waals surface area contributed by atoms with Crippen molar-refractivity contribution in [2.45, 2.75) is 19.4 Å². The Bertz CT molecular complexity index is 570. The summed E-state index contributed by atoms with van der Waals surface area (Å²) in [6, 6.07) is 6.21. The molecule has 1 heterocycles. The molecule has 0 aliphatic carbocycles. The molecule has 2 rings (SSSR count). The first-order valence-electron chi connectivity index (χ1n) is 5.45. The molecule has 2 aromatic rings. The summed E-state index contributed by atoms with van der Waals surface area (Å²) in [5, 5.41) is 20.1. The van der Waals surface area contributed by atoms with E-state index in [1.54, 1.807) is 12.1 Å². The zero-order chi connectivity index (χ0) is 13.1. The van der Waals surface area contributed by atoms with Crippen molar-refractivity contribution < 1.29 is 4.92 Å². The molecule has 1 atom stereocenters. The molecule has 0 saturated heterocycles. The maximum atomic E-state index is 10.7. The summed E-state index contributed by atoms with van der Waals surface area (Å²) in [6.45, 7) is 1.97. The van der Waals surface area contributed by atoms with Gasteiger partial charge in [0.25, 0.3) is 5.69 Å². The molecule has 6 nitrogen and oxygen atoms in total. The van der Waals surface area contributed by atoms with Gasteiger partial charge in [-0.05, 0) is 6.42 Å². The van der Waals surface area contributed by atoms with Gasteiger partial charge in [0.1, 0.15) is 10.0 Å². The van der Waals surface area contributed by atoms with Gasteiger partial charge in [-0.2, -0.15) is 0 Å². The SMILES string of the molecule is CCC(N)c1nnc(-c2cccc([N+](=O)[O-])c2)s1. The summed E-state index contributed by atoms with van der Waals surface area (Å²) in [5.41, 5.74) is 6.60. The first-order chi connectivity index (χ1) is 8.61. The van der Waals surface area contributed by atoms with Gasteiger partial charge in [0.05, 0.1) is 11.0 Å². The highest BCUT2D eigenvalue weighted by atomic mass is 32.1. The number of aromatic nitrogens is 2. The number of nitro benzene ring substituents is 1. The Morgan fingerprint density at radius 1 is 1.50 bits per heavy atom. The lowest BCUT2D eigenvalue weighted by atomic mass is 10.2. The molecule has 0 aliphatic heterocycles. The second-order valence-corrected chi connectivity index (χ2v) is 4.78. The van der Waals surface area contributed by atoms with Crippen LogP contribution in [-0.2, 0) is 0 Å². The van der Waals surface area contributed by atoms with Crippen molar-refractivity contribution in [2.75, 3.05) is 0 Å². The third-order valence-electron chi connectivity index (χ3n) is 2.50. The van der Waals surface area contributed by atoms with E-state index in [0.29, 0.717) is 10.6 Å². The van der Waals surface area contributed by atoms with Gasteiger partial charge < -0.3 is 5.73 Å². The number of hydrogen-bond donors (Lipinski definition) is 1. The van der Waals surface area contributed by atoms with Crippen molar-refractivity contribution in [3.63, 3.8) is 0 Å². The highest BCUT2D eigenvalue weighted by Crippen LogP contribution is 2.28. The second kappa shape index (κ2) is 5.19. The summed E-state index contributed by atoms with van der Waals surface area (Å²) in [6.07, 6.45) is 0.781. The number of benzene rings is 1. The van der Waals surface area contributed by atoms with E-state index in [9.17, 15) is 10.1 Å². The molecule has 2 N–H and O–H groups in total. The summed E-state index contributed by atoms with van der Waals surface area (Å²) < 4.78 is 0. The minimum Gasteiger partial charge on any atom is -0.322 e. The van der Waals surface area contributed by atoms with E-state index in [4.69, 9.17) is 5.73 Å². The van der Waals surface area contributed by atoms with Crippen LogP contribution in [0.3, 0.4) is 0 Å². The minimum atomic E-state index is -0.427. The van der Waals surface area contributed by atoms with Gasteiger partial charge in [0, 0.05) is 17.7 Å². The highest BCUT2D eigenvalue weighted by Gasteiger charge is 2.14. The Morgan fingerprint density at radius 3 is 2.94 bits per heavy atom. The lowest BCUT2D eigenvalue weighted by Crippen LogP contribution is -2.07. The van der Waals surface area contributed by atoms with Crippen LogP contribution in [0.1, 0.15) is 24.4 Å². The van der Waals surface area contributed by atoms with Gasteiger partial charge in [0.2, 0.25) is 0 Å². The largest absolute Gasteiger partial charge is 0.322 e. The molecule has 1 unspecified atom stereocenters. The molecule has 0 saturated carbocycles. The number of nitrogens with zero attached hydrogens (tertiary/aromatic N) is 3. The Labute approximate surface area is 108 Å². The average molecular weight is 264 g/mol. The van der Waals surface area contributed by atoms with Crippen LogP contribution in [0.5, 0.6) is 0 Å². The quantitative estimate of drug-likeness (QED) is 0.676. The molecule has 18 heavy (non-hydrogen) atoms. The summed E-state index contributed by atoms with van der Waals surface area (Å²) >= 11 is 1.37. The van der Waals surface area contributed by atoms with Gasteiger partial charge in [-0.1, -0.05) is 30.4 Å². The minimum absolute atomic E-state index is 0.0454. The first-order valence-corrected chi connectivity index (χ1v) is 6.27. The molecule has 94 valence electrons. The third-order valence-corrected chi connectivity index (χ3v) is 3.61. The van der Waals surface area contributed by atoms with Crippen molar-refractivity contribution >= 4 is 17.0 Å². The summed E-state index contributed by atoms with van der Waals surface area (Å²) in [4.78, 5) is 10.3. The maximum absolute atomic E-state index is 10.7. The third kappa shape index (κ3) is 2.52. The molecule has 0 radical (unpaired) electrons. The number of hydrogen-bond acceptors (Lipinski definition) is 6. The lowest BCUT2D eigenvalue weighted by molar-refractivity contribution is -0.384. The lowest BCUT2D eigenvalue weighted by Gasteiger charge is -2.00. The molecule has 1 aromatic heterocycles. The number of rotatable bonds is 4. The fourth-order valence-electron chi connectivity index (χ4n) is 1.43. The van der Waals surface area contributed by atoms with Crippen molar-refractivity contribution in [3.8, 4) is 10.6 Å². The number of nitrogens with two attached hydrogens (primary N) is 1. The molecular formula is C11H12N4O2S. The summed E-state index contributed by atoms with van der Waals surface area (Å²) in [5.74, 6) is 0. The van der Waals surface area contributed by atoms with E-state index in [-0.39, 0.29) is 11.7 Å². The van der Waals surface area contributed by atoms with Crippen LogP contribution in [-0.4, -0.2) is 15.1 Å². The normalized spacial score (nSPS) is 12.3.